The van der Waals surface area contributed by atoms with Crippen LogP contribution in [0.4, 0.5) is 14.5 Å². The second-order valence-electron chi connectivity index (χ2n) is 5.04. The lowest BCUT2D eigenvalue weighted by atomic mass is 10.2. The highest BCUT2D eigenvalue weighted by atomic mass is 127. The summed E-state index contributed by atoms with van der Waals surface area (Å²) >= 11 is 2.12. The predicted octanol–water partition coefficient (Wildman–Crippen LogP) is 3.35. The topological polar surface area (TPSA) is 70.2 Å². The molecule has 5 nitrogen and oxygen atoms in total. The molecule has 0 saturated carbocycles. The summed E-state index contributed by atoms with van der Waals surface area (Å²) < 4.78 is 27.3. The van der Waals surface area contributed by atoms with Gasteiger partial charge in [-0.05, 0) is 59.0 Å². The van der Waals surface area contributed by atoms with Crippen LogP contribution in [0.25, 0.3) is 0 Å². The number of hydrogen-bond acceptors (Lipinski definition) is 3. The molecule has 0 bridgehead atoms. The molecule has 130 valence electrons. The Kier molecular flexibility index (Phi) is 6.45. The minimum atomic E-state index is -0.876. The molecule has 2 rings (SSSR count). The molecule has 2 aromatic rings. The second kappa shape index (κ2) is 8.56. The third kappa shape index (κ3) is 5.82. The summed E-state index contributed by atoms with van der Waals surface area (Å²) in [6.45, 7) is 3.61. The molecule has 0 fully saturated rings. The number of hydrogen-bond donors (Lipinski definition) is 3. The van der Waals surface area contributed by atoms with E-state index in [2.05, 4.69) is 45.3 Å². The number of nitrogens with one attached hydrogen (secondary N) is 3. The average Bonchev–Trinajstić information content (AvgIpc) is 2.56. The van der Waals surface area contributed by atoms with Gasteiger partial charge in [-0.15, -0.1) is 0 Å². The second-order valence-corrected chi connectivity index (χ2v) is 6.28. The van der Waals surface area contributed by atoms with Crippen molar-refractivity contribution >= 4 is 40.1 Å². The third-order valence-electron chi connectivity index (χ3n) is 3.04. The number of carbonyl (C=O) groups excluding carboxylic acids is 2. The van der Waals surface area contributed by atoms with Gasteiger partial charge < -0.3 is 10.7 Å². The van der Waals surface area contributed by atoms with Crippen LogP contribution in [0.1, 0.15) is 16.8 Å². The van der Waals surface area contributed by atoms with Crippen LogP contribution in [0.15, 0.2) is 54.7 Å². The van der Waals surface area contributed by atoms with Gasteiger partial charge >= 0.3 is 0 Å². The van der Waals surface area contributed by atoms with E-state index in [0.29, 0.717) is 11.6 Å². The van der Waals surface area contributed by atoms with Crippen molar-refractivity contribution < 1.29 is 18.4 Å². The first-order valence-electron chi connectivity index (χ1n) is 7.10. The fourth-order valence-corrected chi connectivity index (χ4v) is 2.20. The minimum Gasteiger partial charge on any atom is -0.323 e. The highest BCUT2D eigenvalue weighted by Gasteiger charge is 2.10. The first kappa shape index (κ1) is 18.8. The monoisotopic (exact) mass is 457 g/mol. The first-order chi connectivity index (χ1) is 11.8. The summed E-state index contributed by atoms with van der Waals surface area (Å²) in [5, 5.41) is 2.30. The van der Waals surface area contributed by atoms with Crippen LogP contribution >= 0.6 is 22.6 Å². The maximum absolute atomic E-state index is 13.5. The van der Waals surface area contributed by atoms with Gasteiger partial charge in [0.25, 0.3) is 5.91 Å². The average molecular weight is 457 g/mol. The maximum atomic E-state index is 13.5. The molecule has 25 heavy (non-hydrogen) atoms. The molecule has 0 aliphatic heterocycles. The fourth-order valence-electron chi connectivity index (χ4n) is 1.84. The number of anilines is 1. The van der Waals surface area contributed by atoms with Crippen LogP contribution in [-0.2, 0) is 4.79 Å². The van der Waals surface area contributed by atoms with Crippen molar-refractivity contribution in [3.63, 3.8) is 0 Å². The van der Waals surface area contributed by atoms with Crippen molar-refractivity contribution in [3.05, 3.63) is 75.5 Å². The van der Waals surface area contributed by atoms with Crippen molar-refractivity contribution in [2.45, 2.75) is 6.42 Å². The highest BCUT2D eigenvalue weighted by Crippen LogP contribution is 2.15. The van der Waals surface area contributed by atoms with E-state index in [1.165, 1.54) is 0 Å². The summed E-state index contributed by atoms with van der Waals surface area (Å²) in [6.07, 6.45) is -0.205. The Labute approximate surface area is 156 Å². The molecule has 0 atom stereocenters. The Morgan fingerprint density at radius 1 is 1.04 bits per heavy atom. The van der Waals surface area contributed by atoms with Crippen LogP contribution in [0.5, 0.6) is 0 Å². The molecule has 8 heteroatoms. The molecule has 3 N–H and O–H groups in total. The van der Waals surface area contributed by atoms with Crippen molar-refractivity contribution in [1.29, 1.82) is 0 Å². The van der Waals surface area contributed by atoms with E-state index in [4.69, 9.17) is 0 Å². The van der Waals surface area contributed by atoms with Gasteiger partial charge in [-0.2, -0.15) is 0 Å². The van der Waals surface area contributed by atoms with Gasteiger partial charge in [0, 0.05) is 20.9 Å². The van der Waals surface area contributed by atoms with Crippen LogP contribution < -0.4 is 16.2 Å². The number of carbonyl (C=O) groups is 2. The third-order valence-corrected chi connectivity index (χ3v) is 3.76. The molecule has 0 spiro atoms. The number of rotatable bonds is 6. The summed E-state index contributed by atoms with van der Waals surface area (Å²) in [5.41, 5.74) is 5.45. The van der Waals surface area contributed by atoms with Gasteiger partial charge in [-0.25, -0.2) is 8.78 Å². The van der Waals surface area contributed by atoms with Crippen LogP contribution in [0.3, 0.4) is 0 Å². The lowest BCUT2D eigenvalue weighted by Gasteiger charge is -2.12. The highest BCUT2D eigenvalue weighted by molar-refractivity contribution is 14.1. The molecule has 0 unspecified atom stereocenters. The summed E-state index contributed by atoms with van der Waals surface area (Å²) in [5.74, 6) is -2.56. The van der Waals surface area contributed by atoms with Crippen LogP contribution in [0, 0.1) is 15.2 Å². The van der Waals surface area contributed by atoms with Gasteiger partial charge in [0.1, 0.15) is 11.6 Å². The number of benzene rings is 2. The Bertz CT molecular complexity index is 810. The minimum absolute atomic E-state index is 0.137. The standard InChI is InChI=1S/C17H14F2IN3O2/c1-10(22-23-17(25)11-2-5-13(20)6-3-11)8-16(24)21-15-7-4-12(18)9-14(15)19/h2-7,9,22H,1,8H2,(H,21,24)(H,23,25). The van der Waals surface area contributed by atoms with Crippen molar-refractivity contribution in [2.75, 3.05) is 5.32 Å². The van der Waals surface area contributed by atoms with Crippen LogP contribution in [0.2, 0.25) is 0 Å². The molecule has 0 aliphatic carbocycles. The van der Waals surface area contributed by atoms with Crippen LogP contribution in [-0.4, -0.2) is 11.8 Å². The molecule has 0 radical (unpaired) electrons. The van der Waals surface area contributed by atoms with E-state index in [1.807, 2.05) is 0 Å². The molecule has 0 aromatic heterocycles. The van der Waals surface area contributed by atoms with Gasteiger partial charge in [-0.3, -0.25) is 15.0 Å². The van der Waals surface area contributed by atoms with Crippen molar-refractivity contribution in [3.8, 4) is 0 Å². The molecule has 0 heterocycles. The molecule has 2 amide bonds. The quantitative estimate of drug-likeness (QED) is 0.461. The molecule has 0 aliphatic rings. The number of amides is 2. The van der Waals surface area contributed by atoms with E-state index in [9.17, 15) is 18.4 Å². The molecular weight excluding hydrogens is 443 g/mol. The number of hydrazine groups is 1. The lowest BCUT2D eigenvalue weighted by Crippen LogP contribution is -2.37. The zero-order chi connectivity index (χ0) is 18.4. The van der Waals surface area contributed by atoms with E-state index in [1.54, 1.807) is 24.3 Å². The molecule has 0 saturated heterocycles. The summed E-state index contributed by atoms with van der Waals surface area (Å²) in [7, 11) is 0. The maximum Gasteiger partial charge on any atom is 0.269 e. The Morgan fingerprint density at radius 2 is 1.72 bits per heavy atom. The predicted molar refractivity (Wildman–Crippen MR) is 98.5 cm³/mol. The van der Waals surface area contributed by atoms with Gasteiger partial charge in [0.15, 0.2) is 0 Å². The van der Waals surface area contributed by atoms with Gasteiger partial charge in [0.2, 0.25) is 5.91 Å². The Hall–Kier alpha value is -2.49. The van der Waals surface area contributed by atoms with E-state index in [-0.39, 0.29) is 23.7 Å². The summed E-state index contributed by atoms with van der Waals surface area (Å²) in [4.78, 5) is 23.7. The van der Waals surface area contributed by atoms with Crippen molar-refractivity contribution in [2.24, 2.45) is 0 Å². The van der Waals surface area contributed by atoms with E-state index < -0.39 is 17.5 Å². The largest absolute Gasteiger partial charge is 0.323 e. The normalized spacial score (nSPS) is 10.0. The SMILES string of the molecule is C=C(CC(=O)Nc1ccc(F)cc1F)NNC(=O)c1ccc(I)cc1. The van der Waals surface area contributed by atoms with E-state index in [0.717, 1.165) is 15.7 Å². The Balaban J connectivity index is 1.82. The summed E-state index contributed by atoms with van der Waals surface area (Å²) in [6, 6.07) is 9.72. The zero-order valence-electron chi connectivity index (χ0n) is 12.9. The molecular formula is C17H14F2IN3O2. The zero-order valence-corrected chi connectivity index (χ0v) is 15.1. The number of halogens is 3. The van der Waals surface area contributed by atoms with Crippen molar-refractivity contribution in [1.82, 2.24) is 10.9 Å². The Morgan fingerprint density at radius 3 is 2.36 bits per heavy atom. The van der Waals surface area contributed by atoms with E-state index >= 15 is 0 Å². The smallest absolute Gasteiger partial charge is 0.269 e. The van der Waals surface area contributed by atoms with Gasteiger partial charge in [0.05, 0.1) is 12.1 Å². The first-order valence-corrected chi connectivity index (χ1v) is 8.17. The molecule has 2 aromatic carbocycles. The van der Waals surface area contributed by atoms with Gasteiger partial charge in [-0.1, -0.05) is 6.58 Å². The fraction of sp³-hybridized carbons (Fsp3) is 0.0588. The lowest BCUT2D eigenvalue weighted by molar-refractivity contribution is -0.115.